The Morgan fingerprint density at radius 1 is 1.00 bits per heavy atom. The molecular formula is C19H25FN2O2S. The highest BCUT2D eigenvalue weighted by atomic mass is 32.2. The summed E-state index contributed by atoms with van der Waals surface area (Å²) in [6, 6.07) is 11.1. The molecule has 0 amide bonds. The molecule has 0 spiro atoms. The molecule has 2 aromatic rings. The van der Waals surface area contributed by atoms with E-state index < -0.39 is 15.8 Å². The van der Waals surface area contributed by atoms with E-state index in [1.165, 1.54) is 18.2 Å². The quantitative estimate of drug-likeness (QED) is 0.747. The maximum Gasteiger partial charge on any atom is 0.261 e. The van der Waals surface area contributed by atoms with Crippen molar-refractivity contribution in [3.63, 3.8) is 0 Å². The third kappa shape index (κ3) is 4.95. The van der Waals surface area contributed by atoms with Gasteiger partial charge in [0.1, 0.15) is 5.82 Å². The first kappa shape index (κ1) is 19.2. The molecule has 0 fully saturated rings. The van der Waals surface area contributed by atoms with Crippen LogP contribution in [0.1, 0.15) is 32.3 Å². The van der Waals surface area contributed by atoms with Crippen LogP contribution in [-0.2, 0) is 10.0 Å². The Balaban J connectivity index is 2.18. The fourth-order valence-corrected chi connectivity index (χ4v) is 3.79. The maximum absolute atomic E-state index is 13.3. The first-order valence-electron chi connectivity index (χ1n) is 8.51. The largest absolute Gasteiger partial charge is 0.372 e. The van der Waals surface area contributed by atoms with Gasteiger partial charge < -0.3 is 4.90 Å². The minimum atomic E-state index is -3.74. The minimum Gasteiger partial charge on any atom is -0.372 e. The molecule has 0 aliphatic rings. The highest BCUT2D eigenvalue weighted by molar-refractivity contribution is 7.92. The van der Waals surface area contributed by atoms with Crippen LogP contribution < -0.4 is 9.62 Å². The molecule has 0 heterocycles. The van der Waals surface area contributed by atoms with Crippen LogP contribution in [0.3, 0.4) is 0 Å². The number of nitrogens with one attached hydrogen (secondary N) is 1. The Bertz CT molecular complexity index is 799. The van der Waals surface area contributed by atoms with Gasteiger partial charge in [-0.05, 0) is 67.8 Å². The molecule has 136 valence electrons. The molecule has 0 saturated heterocycles. The van der Waals surface area contributed by atoms with E-state index in [4.69, 9.17) is 0 Å². The predicted octanol–water partition coefficient (Wildman–Crippen LogP) is 4.56. The molecule has 0 radical (unpaired) electrons. The average Bonchev–Trinajstić information content (AvgIpc) is 2.57. The molecular weight excluding hydrogens is 339 g/mol. The number of hydrogen-bond acceptors (Lipinski definition) is 3. The molecule has 2 rings (SSSR count). The summed E-state index contributed by atoms with van der Waals surface area (Å²) in [5, 5.41) is 0. The van der Waals surface area contributed by atoms with Gasteiger partial charge in [0.2, 0.25) is 0 Å². The van der Waals surface area contributed by atoms with Crippen LogP contribution in [0.2, 0.25) is 0 Å². The molecule has 0 atom stereocenters. The van der Waals surface area contributed by atoms with Crippen molar-refractivity contribution in [1.29, 1.82) is 0 Å². The summed E-state index contributed by atoms with van der Waals surface area (Å²) in [7, 11) is -3.74. The van der Waals surface area contributed by atoms with E-state index in [-0.39, 0.29) is 4.90 Å². The van der Waals surface area contributed by atoms with Crippen molar-refractivity contribution >= 4 is 21.4 Å². The SMILES string of the molecule is CCCN(CCC)c1ccc(NS(=O)(=O)c2ccc(F)c(C)c2)cc1. The van der Waals surface area contributed by atoms with E-state index in [1.807, 2.05) is 12.1 Å². The van der Waals surface area contributed by atoms with Gasteiger partial charge >= 0.3 is 0 Å². The van der Waals surface area contributed by atoms with Gasteiger partial charge in [0.25, 0.3) is 10.0 Å². The Morgan fingerprint density at radius 2 is 1.60 bits per heavy atom. The molecule has 0 aliphatic carbocycles. The molecule has 2 aromatic carbocycles. The van der Waals surface area contributed by atoms with E-state index in [0.29, 0.717) is 11.3 Å². The van der Waals surface area contributed by atoms with Crippen LogP contribution in [0.4, 0.5) is 15.8 Å². The molecule has 25 heavy (non-hydrogen) atoms. The van der Waals surface area contributed by atoms with Gasteiger partial charge in [-0.25, -0.2) is 12.8 Å². The highest BCUT2D eigenvalue weighted by Gasteiger charge is 2.15. The second kappa shape index (κ2) is 8.34. The van der Waals surface area contributed by atoms with Gasteiger partial charge in [-0.3, -0.25) is 4.72 Å². The number of anilines is 2. The van der Waals surface area contributed by atoms with E-state index in [1.54, 1.807) is 19.1 Å². The summed E-state index contributed by atoms with van der Waals surface area (Å²) in [5.41, 5.74) is 1.86. The number of sulfonamides is 1. The first-order chi connectivity index (χ1) is 11.9. The molecule has 0 aliphatic heterocycles. The zero-order valence-electron chi connectivity index (χ0n) is 14.9. The molecule has 0 unspecified atom stereocenters. The summed E-state index contributed by atoms with van der Waals surface area (Å²) in [5.74, 6) is -0.421. The van der Waals surface area contributed by atoms with Gasteiger partial charge in [-0.2, -0.15) is 0 Å². The zero-order chi connectivity index (χ0) is 18.4. The lowest BCUT2D eigenvalue weighted by Crippen LogP contribution is -2.24. The zero-order valence-corrected chi connectivity index (χ0v) is 15.7. The van der Waals surface area contributed by atoms with Crippen LogP contribution in [0.15, 0.2) is 47.4 Å². The van der Waals surface area contributed by atoms with E-state index >= 15 is 0 Å². The molecule has 6 heteroatoms. The lowest BCUT2D eigenvalue weighted by molar-refractivity contribution is 0.598. The van der Waals surface area contributed by atoms with Gasteiger partial charge in [0, 0.05) is 24.5 Å². The lowest BCUT2D eigenvalue weighted by atomic mass is 10.2. The second-order valence-electron chi connectivity index (χ2n) is 6.05. The number of benzene rings is 2. The average molecular weight is 364 g/mol. The van der Waals surface area contributed by atoms with Crippen molar-refractivity contribution in [2.24, 2.45) is 0 Å². The monoisotopic (exact) mass is 364 g/mol. The molecule has 0 bridgehead atoms. The van der Waals surface area contributed by atoms with E-state index in [2.05, 4.69) is 23.5 Å². The highest BCUT2D eigenvalue weighted by Crippen LogP contribution is 2.22. The topological polar surface area (TPSA) is 49.4 Å². The second-order valence-corrected chi connectivity index (χ2v) is 7.73. The summed E-state index contributed by atoms with van der Waals surface area (Å²) < 4.78 is 40.8. The van der Waals surface area contributed by atoms with Gasteiger partial charge in [0.05, 0.1) is 4.90 Å². The Labute approximate surface area is 149 Å². The van der Waals surface area contributed by atoms with E-state index in [9.17, 15) is 12.8 Å². The predicted molar refractivity (Wildman–Crippen MR) is 101 cm³/mol. The van der Waals surface area contributed by atoms with Gasteiger partial charge in [-0.15, -0.1) is 0 Å². The molecule has 0 aromatic heterocycles. The fourth-order valence-electron chi connectivity index (χ4n) is 2.65. The molecule has 1 N–H and O–H groups in total. The third-order valence-electron chi connectivity index (χ3n) is 3.91. The van der Waals surface area contributed by atoms with Crippen LogP contribution in [0, 0.1) is 12.7 Å². The normalized spacial score (nSPS) is 11.4. The van der Waals surface area contributed by atoms with Crippen LogP contribution >= 0.6 is 0 Å². The third-order valence-corrected chi connectivity index (χ3v) is 5.29. The smallest absolute Gasteiger partial charge is 0.261 e. The number of nitrogens with zero attached hydrogens (tertiary/aromatic N) is 1. The van der Waals surface area contributed by atoms with Crippen molar-refractivity contribution in [2.45, 2.75) is 38.5 Å². The maximum atomic E-state index is 13.3. The first-order valence-corrected chi connectivity index (χ1v) is 9.99. The lowest BCUT2D eigenvalue weighted by Gasteiger charge is -2.24. The number of hydrogen-bond donors (Lipinski definition) is 1. The van der Waals surface area contributed by atoms with Crippen molar-refractivity contribution in [2.75, 3.05) is 22.7 Å². The molecule has 4 nitrogen and oxygen atoms in total. The Hall–Kier alpha value is -2.08. The van der Waals surface area contributed by atoms with Crippen molar-refractivity contribution in [3.8, 4) is 0 Å². The summed E-state index contributed by atoms with van der Waals surface area (Å²) >= 11 is 0. The number of aryl methyl sites for hydroxylation is 1. The van der Waals surface area contributed by atoms with Gasteiger partial charge in [-0.1, -0.05) is 13.8 Å². The molecule has 0 saturated carbocycles. The van der Waals surface area contributed by atoms with Crippen molar-refractivity contribution in [3.05, 3.63) is 53.8 Å². The van der Waals surface area contributed by atoms with Crippen LogP contribution in [-0.4, -0.2) is 21.5 Å². The van der Waals surface area contributed by atoms with Crippen molar-refractivity contribution < 1.29 is 12.8 Å². The van der Waals surface area contributed by atoms with Crippen molar-refractivity contribution in [1.82, 2.24) is 0 Å². The van der Waals surface area contributed by atoms with Crippen LogP contribution in [0.25, 0.3) is 0 Å². The summed E-state index contributed by atoms with van der Waals surface area (Å²) in [6.07, 6.45) is 2.11. The number of halogens is 1. The Morgan fingerprint density at radius 3 is 2.12 bits per heavy atom. The van der Waals surface area contributed by atoms with Gasteiger partial charge in [0.15, 0.2) is 0 Å². The summed E-state index contributed by atoms with van der Waals surface area (Å²) in [6.45, 7) is 7.74. The fraction of sp³-hybridized carbons (Fsp3) is 0.368. The Kier molecular flexibility index (Phi) is 6.42. The standard InChI is InChI=1S/C19H25FN2O2S/c1-4-12-22(13-5-2)17-8-6-16(7-9-17)21-25(23,24)18-10-11-19(20)15(3)14-18/h6-11,14,21H,4-5,12-13H2,1-3H3. The summed E-state index contributed by atoms with van der Waals surface area (Å²) in [4.78, 5) is 2.33. The van der Waals surface area contributed by atoms with E-state index in [0.717, 1.165) is 31.6 Å². The minimum absolute atomic E-state index is 0.0501. The van der Waals surface area contributed by atoms with Crippen LogP contribution in [0.5, 0.6) is 0 Å². The number of rotatable bonds is 8.